The maximum Gasteiger partial charge on any atom is 0.0622 e. The molecule has 0 aromatic heterocycles. The van der Waals surface area contributed by atoms with E-state index in [1.807, 2.05) is 0 Å². The van der Waals surface area contributed by atoms with Gasteiger partial charge in [0.25, 0.3) is 0 Å². The van der Waals surface area contributed by atoms with E-state index in [-0.39, 0.29) is 0 Å². The van der Waals surface area contributed by atoms with Crippen LogP contribution in [-0.4, -0.2) is 3.92 Å². The standard InChI is InChI=1S/C5H8IN/c1-5(6)3-2-4-7/h5H,2-3H2,1H3/t5-/m1/s1. The van der Waals surface area contributed by atoms with Crippen LogP contribution in [0.3, 0.4) is 0 Å². The number of rotatable bonds is 2. The molecule has 0 fully saturated rings. The second-order valence-corrected chi connectivity index (χ2v) is 3.60. The van der Waals surface area contributed by atoms with Crippen molar-refractivity contribution in [3.8, 4) is 6.07 Å². The lowest BCUT2D eigenvalue weighted by molar-refractivity contribution is 0.864. The van der Waals surface area contributed by atoms with E-state index in [4.69, 9.17) is 5.26 Å². The molecule has 0 heterocycles. The summed E-state index contributed by atoms with van der Waals surface area (Å²) in [5.74, 6) is 0. The molecule has 0 aliphatic heterocycles. The van der Waals surface area contributed by atoms with Crippen molar-refractivity contribution in [1.82, 2.24) is 0 Å². The Balaban J connectivity index is 2.86. The topological polar surface area (TPSA) is 23.8 Å². The molecule has 0 aliphatic rings. The molecule has 0 spiro atoms. The third-order valence-electron chi connectivity index (χ3n) is 0.654. The molecule has 2 heteroatoms. The molecule has 0 saturated heterocycles. The van der Waals surface area contributed by atoms with Gasteiger partial charge in [-0.15, -0.1) is 0 Å². The van der Waals surface area contributed by atoms with Crippen LogP contribution in [0, 0.1) is 11.3 Å². The Hall–Kier alpha value is 0.220. The zero-order chi connectivity index (χ0) is 5.70. The van der Waals surface area contributed by atoms with Crippen LogP contribution in [0.2, 0.25) is 0 Å². The van der Waals surface area contributed by atoms with Crippen LogP contribution in [0.5, 0.6) is 0 Å². The lowest BCUT2D eigenvalue weighted by Gasteiger charge is -1.92. The van der Waals surface area contributed by atoms with E-state index < -0.39 is 0 Å². The van der Waals surface area contributed by atoms with Crippen LogP contribution in [-0.2, 0) is 0 Å². The molecule has 40 valence electrons. The zero-order valence-corrected chi connectivity index (χ0v) is 6.47. The van der Waals surface area contributed by atoms with Gasteiger partial charge >= 0.3 is 0 Å². The molecule has 0 amide bonds. The Labute approximate surface area is 57.9 Å². The van der Waals surface area contributed by atoms with Gasteiger partial charge in [-0.05, 0) is 6.42 Å². The van der Waals surface area contributed by atoms with Gasteiger partial charge in [0, 0.05) is 10.3 Å². The molecule has 0 aromatic rings. The van der Waals surface area contributed by atoms with Gasteiger partial charge in [0.15, 0.2) is 0 Å². The number of nitriles is 1. The minimum absolute atomic E-state index is 0.650. The Morgan fingerprint density at radius 2 is 2.43 bits per heavy atom. The van der Waals surface area contributed by atoms with E-state index in [1.165, 1.54) is 0 Å². The highest BCUT2D eigenvalue weighted by Gasteiger charge is 1.90. The zero-order valence-electron chi connectivity index (χ0n) is 4.32. The molecule has 7 heavy (non-hydrogen) atoms. The summed E-state index contributed by atoms with van der Waals surface area (Å²) in [6.45, 7) is 2.11. The number of halogens is 1. The highest BCUT2D eigenvalue weighted by Crippen LogP contribution is 2.05. The maximum absolute atomic E-state index is 8.06. The monoisotopic (exact) mass is 209 g/mol. The Morgan fingerprint density at radius 1 is 1.86 bits per heavy atom. The van der Waals surface area contributed by atoms with Crippen molar-refractivity contribution in [2.75, 3.05) is 0 Å². The van der Waals surface area contributed by atoms with Crippen LogP contribution >= 0.6 is 22.6 Å². The molecule has 0 unspecified atom stereocenters. The van der Waals surface area contributed by atoms with Gasteiger partial charge < -0.3 is 0 Å². The van der Waals surface area contributed by atoms with E-state index >= 15 is 0 Å². The van der Waals surface area contributed by atoms with Crippen molar-refractivity contribution in [1.29, 1.82) is 5.26 Å². The number of hydrogen-bond acceptors (Lipinski definition) is 1. The molecule has 1 atom stereocenters. The van der Waals surface area contributed by atoms with Crippen LogP contribution < -0.4 is 0 Å². The predicted octanol–water partition coefficient (Wildman–Crippen LogP) is 2.11. The van der Waals surface area contributed by atoms with Gasteiger partial charge in [0.05, 0.1) is 6.07 Å². The lowest BCUT2D eigenvalue weighted by atomic mass is 10.3. The highest BCUT2D eigenvalue weighted by molar-refractivity contribution is 14.1. The summed E-state index contributed by atoms with van der Waals surface area (Å²) in [6.07, 6.45) is 1.72. The first kappa shape index (κ1) is 7.22. The number of hydrogen-bond donors (Lipinski definition) is 0. The van der Waals surface area contributed by atoms with Crippen LogP contribution in [0.15, 0.2) is 0 Å². The lowest BCUT2D eigenvalue weighted by Crippen LogP contribution is -1.85. The summed E-state index contributed by atoms with van der Waals surface area (Å²) in [5, 5.41) is 8.06. The minimum atomic E-state index is 0.650. The summed E-state index contributed by atoms with van der Waals surface area (Å²) in [6, 6.07) is 2.09. The van der Waals surface area contributed by atoms with Gasteiger partial charge in [0.1, 0.15) is 0 Å². The molecular formula is C5H8IN. The summed E-state index contributed by atoms with van der Waals surface area (Å²) < 4.78 is 0.650. The van der Waals surface area contributed by atoms with Crippen molar-refractivity contribution >= 4 is 22.6 Å². The molecule has 0 saturated carbocycles. The third-order valence-corrected chi connectivity index (χ3v) is 1.28. The molecule has 0 rings (SSSR count). The normalized spacial score (nSPS) is 12.7. The third kappa shape index (κ3) is 6.22. The van der Waals surface area contributed by atoms with Crippen molar-refractivity contribution in [3.05, 3.63) is 0 Å². The highest BCUT2D eigenvalue weighted by atomic mass is 127. The predicted molar refractivity (Wildman–Crippen MR) is 38.3 cm³/mol. The number of alkyl halides is 1. The van der Waals surface area contributed by atoms with Crippen molar-refractivity contribution < 1.29 is 0 Å². The van der Waals surface area contributed by atoms with E-state index in [9.17, 15) is 0 Å². The Morgan fingerprint density at radius 3 is 2.57 bits per heavy atom. The fourth-order valence-corrected chi connectivity index (χ4v) is 0.575. The van der Waals surface area contributed by atoms with E-state index in [0.29, 0.717) is 10.3 Å². The molecule has 0 aliphatic carbocycles. The van der Waals surface area contributed by atoms with E-state index in [0.717, 1.165) is 6.42 Å². The summed E-state index contributed by atoms with van der Waals surface area (Å²) in [7, 11) is 0. The van der Waals surface area contributed by atoms with E-state index in [1.54, 1.807) is 0 Å². The second-order valence-electron chi connectivity index (χ2n) is 1.48. The molecule has 0 N–H and O–H groups in total. The second kappa shape index (κ2) is 4.38. The fraction of sp³-hybridized carbons (Fsp3) is 0.800. The maximum atomic E-state index is 8.06. The molecule has 1 nitrogen and oxygen atoms in total. The molecular weight excluding hydrogens is 201 g/mol. The van der Waals surface area contributed by atoms with Crippen molar-refractivity contribution in [3.63, 3.8) is 0 Å². The summed E-state index contributed by atoms with van der Waals surface area (Å²) >= 11 is 2.31. The van der Waals surface area contributed by atoms with Crippen molar-refractivity contribution in [2.24, 2.45) is 0 Å². The molecule has 0 aromatic carbocycles. The first-order valence-electron chi connectivity index (χ1n) is 2.28. The van der Waals surface area contributed by atoms with Gasteiger partial charge in [-0.1, -0.05) is 29.5 Å². The SMILES string of the molecule is C[C@@H](I)CCC#N. The van der Waals surface area contributed by atoms with Crippen LogP contribution in [0.4, 0.5) is 0 Å². The average molecular weight is 209 g/mol. The van der Waals surface area contributed by atoms with Gasteiger partial charge in [-0.25, -0.2) is 0 Å². The van der Waals surface area contributed by atoms with Crippen LogP contribution in [0.25, 0.3) is 0 Å². The van der Waals surface area contributed by atoms with Crippen LogP contribution in [0.1, 0.15) is 19.8 Å². The smallest absolute Gasteiger partial charge is 0.0622 e. The Kier molecular flexibility index (Phi) is 4.52. The van der Waals surface area contributed by atoms with Gasteiger partial charge in [-0.2, -0.15) is 5.26 Å². The summed E-state index contributed by atoms with van der Waals surface area (Å²) in [4.78, 5) is 0. The fourth-order valence-electron chi connectivity index (χ4n) is 0.263. The molecule has 0 bridgehead atoms. The van der Waals surface area contributed by atoms with Gasteiger partial charge in [-0.3, -0.25) is 0 Å². The quantitative estimate of drug-likeness (QED) is 0.504. The number of nitrogens with zero attached hydrogens (tertiary/aromatic N) is 1. The first-order chi connectivity index (χ1) is 3.27. The Bertz CT molecular complexity index is 72.6. The first-order valence-corrected chi connectivity index (χ1v) is 3.53. The van der Waals surface area contributed by atoms with Gasteiger partial charge in [0.2, 0.25) is 0 Å². The minimum Gasteiger partial charge on any atom is -0.198 e. The molecule has 0 radical (unpaired) electrons. The van der Waals surface area contributed by atoms with E-state index in [2.05, 4.69) is 35.6 Å². The largest absolute Gasteiger partial charge is 0.198 e. The average Bonchev–Trinajstić information content (AvgIpc) is 1.61. The van der Waals surface area contributed by atoms with Crippen molar-refractivity contribution in [2.45, 2.75) is 23.7 Å². The summed E-state index contributed by atoms with van der Waals surface area (Å²) in [5.41, 5.74) is 0.